The molecule has 0 unspecified atom stereocenters. The van der Waals surface area contributed by atoms with Crippen LogP contribution in [0.25, 0.3) is 0 Å². The quantitative estimate of drug-likeness (QED) is 0.503. The van der Waals surface area contributed by atoms with Gasteiger partial charge in [-0.25, -0.2) is 4.79 Å². The Kier molecular flexibility index (Phi) is 9.17. The fraction of sp³-hybridized carbons (Fsp3) is 0.350. The Morgan fingerprint density at radius 3 is 1.83 bits per heavy atom. The standard InChI is InChI=1S/C20H19F6NO2.ClH/c1-13(15-10-6-3-7-11-15)27-16(17(19(21,22)23)20(24,25)26)18(28)29-12-14-8-4-2-5-9-14;/h2-11,13,16-17,27H,12H2,1H3;1H/t13-,16-;/m1./s1. The number of esters is 1. The molecule has 0 bridgehead atoms. The van der Waals surface area contributed by atoms with Gasteiger partial charge in [0, 0.05) is 5.56 Å². The van der Waals surface area contributed by atoms with Gasteiger partial charge < -0.3 is 22.5 Å². The molecule has 10 heteroatoms. The third kappa shape index (κ3) is 7.21. The number of ether oxygens (including phenoxy) is 1. The lowest BCUT2D eigenvalue weighted by Crippen LogP contribution is -3.00. The predicted octanol–water partition coefficient (Wildman–Crippen LogP) is 1.17. The molecule has 2 atom stereocenters. The smallest absolute Gasteiger partial charge is 0.406 e. The first kappa shape index (κ1) is 25.8. The predicted molar refractivity (Wildman–Crippen MR) is 92.4 cm³/mol. The van der Waals surface area contributed by atoms with Crippen LogP contribution in [-0.4, -0.2) is 24.4 Å². The second-order valence-electron chi connectivity index (χ2n) is 6.57. The minimum Gasteiger partial charge on any atom is -1.00 e. The van der Waals surface area contributed by atoms with E-state index in [1.165, 1.54) is 6.92 Å². The Hall–Kier alpha value is -2.26. The van der Waals surface area contributed by atoms with E-state index in [2.05, 4.69) is 0 Å². The Morgan fingerprint density at radius 2 is 1.37 bits per heavy atom. The normalized spacial score (nSPS) is 14.0. The van der Waals surface area contributed by atoms with E-state index in [0.29, 0.717) is 11.1 Å². The minimum absolute atomic E-state index is 0. The highest BCUT2D eigenvalue weighted by Crippen LogP contribution is 2.41. The van der Waals surface area contributed by atoms with Crippen LogP contribution in [0.5, 0.6) is 0 Å². The van der Waals surface area contributed by atoms with Crippen LogP contribution in [0.3, 0.4) is 0 Å². The molecule has 0 aliphatic heterocycles. The zero-order valence-electron chi connectivity index (χ0n) is 15.8. The maximum atomic E-state index is 13.3. The van der Waals surface area contributed by atoms with Crippen LogP contribution in [-0.2, 0) is 16.1 Å². The van der Waals surface area contributed by atoms with Crippen molar-refractivity contribution in [3.63, 3.8) is 0 Å². The van der Waals surface area contributed by atoms with Crippen LogP contribution in [0.15, 0.2) is 60.7 Å². The summed E-state index contributed by atoms with van der Waals surface area (Å²) < 4.78 is 84.6. The Bertz CT molecular complexity index is 769. The number of benzene rings is 2. The maximum absolute atomic E-state index is 13.3. The number of hydrogen-bond donors (Lipinski definition) is 1. The Balaban J connectivity index is 0.00000450. The molecule has 0 aromatic heterocycles. The molecule has 0 saturated carbocycles. The highest BCUT2D eigenvalue weighted by molar-refractivity contribution is 5.74. The molecule has 0 aliphatic rings. The van der Waals surface area contributed by atoms with E-state index in [1.807, 2.05) is 0 Å². The molecular weight excluding hydrogens is 436 g/mol. The van der Waals surface area contributed by atoms with Gasteiger partial charge in [-0.1, -0.05) is 60.7 Å². The van der Waals surface area contributed by atoms with Crippen molar-refractivity contribution >= 4 is 5.97 Å². The van der Waals surface area contributed by atoms with Gasteiger partial charge in [-0.15, -0.1) is 0 Å². The number of hydrogen-bond acceptors (Lipinski definition) is 2. The summed E-state index contributed by atoms with van der Waals surface area (Å²) in [6, 6.07) is 12.6. The molecule has 166 valence electrons. The lowest BCUT2D eigenvalue weighted by molar-refractivity contribution is -0.728. The van der Waals surface area contributed by atoms with Gasteiger partial charge in [-0.3, -0.25) is 0 Å². The molecule has 0 fully saturated rings. The Labute approximate surface area is 175 Å². The fourth-order valence-corrected chi connectivity index (χ4v) is 2.92. The van der Waals surface area contributed by atoms with E-state index in [-0.39, 0.29) is 12.4 Å². The monoisotopic (exact) mass is 455 g/mol. The van der Waals surface area contributed by atoms with Crippen molar-refractivity contribution in [1.82, 2.24) is 0 Å². The van der Waals surface area contributed by atoms with Crippen molar-refractivity contribution in [2.75, 3.05) is 0 Å². The second kappa shape index (κ2) is 10.7. The summed E-state index contributed by atoms with van der Waals surface area (Å²) in [5.41, 5.74) is 0.933. The van der Waals surface area contributed by atoms with Crippen LogP contribution in [0, 0.1) is 5.92 Å². The van der Waals surface area contributed by atoms with Crippen molar-refractivity contribution in [3.05, 3.63) is 71.8 Å². The van der Waals surface area contributed by atoms with Crippen LogP contribution in [0.1, 0.15) is 24.1 Å². The topological polar surface area (TPSA) is 42.9 Å². The highest BCUT2D eigenvalue weighted by atomic mass is 35.5. The van der Waals surface area contributed by atoms with Crippen LogP contribution in [0.4, 0.5) is 26.3 Å². The summed E-state index contributed by atoms with van der Waals surface area (Å²) in [5.74, 6) is -5.43. The van der Waals surface area contributed by atoms with Crippen molar-refractivity contribution in [2.24, 2.45) is 5.92 Å². The molecule has 3 nitrogen and oxygen atoms in total. The molecule has 0 saturated heterocycles. The number of quaternary nitrogens is 1. The number of rotatable bonds is 7. The molecule has 2 rings (SSSR count). The number of carbonyl (C=O) groups excluding carboxylic acids is 1. The molecule has 30 heavy (non-hydrogen) atoms. The average Bonchev–Trinajstić information content (AvgIpc) is 2.65. The van der Waals surface area contributed by atoms with E-state index in [1.54, 1.807) is 60.7 Å². The van der Waals surface area contributed by atoms with Gasteiger partial charge >= 0.3 is 18.3 Å². The summed E-state index contributed by atoms with van der Waals surface area (Å²) in [4.78, 5) is 12.4. The van der Waals surface area contributed by atoms with Gasteiger partial charge in [0.1, 0.15) is 12.6 Å². The van der Waals surface area contributed by atoms with Crippen molar-refractivity contribution in [3.8, 4) is 0 Å². The van der Waals surface area contributed by atoms with Gasteiger partial charge in [0.2, 0.25) is 12.0 Å². The Morgan fingerprint density at radius 1 is 0.900 bits per heavy atom. The van der Waals surface area contributed by atoms with E-state index in [4.69, 9.17) is 4.74 Å². The van der Waals surface area contributed by atoms with E-state index in [0.717, 1.165) is 5.32 Å². The van der Waals surface area contributed by atoms with Crippen molar-refractivity contribution in [1.29, 1.82) is 0 Å². The van der Waals surface area contributed by atoms with Gasteiger partial charge in [0.25, 0.3) is 0 Å². The van der Waals surface area contributed by atoms with Gasteiger partial charge in [-0.05, 0) is 12.5 Å². The molecule has 2 aromatic rings. The molecule has 2 aromatic carbocycles. The van der Waals surface area contributed by atoms with Crippen LogP contribution >= 0.6 is 0 Å². The van der Waals surface area contributed by atoms with Crippen LogP contribution in [0.2, 0.25) is 0 Å². The molecular formula is C20H20ClF6NO2. The van der Waals surface area contributed by atoms with Crippen molar-refractivity contribution < 1.29 is 53.6 Å². The summed E-state index contributed by atoms with van der Waals surface area (Å²) >= 11 is 0. The molecule has 0 heterocycles. The summed E-state index contributed by atoms with van der Waals surface area (Å²) in [6.45, 7) is 1.00. The molecule has 2 N–H and O–H groups in total. The van der Waals surface area contributed by atoms with Gasteiger partial charge in [-0.2, -0.15) is 26.3 Å². The lowest BCUT2D eigenvalue weighted by atomic mass is 9.96. The summed E-state index contributed by atoms with van der Waals surface area (Å²) in [7, 11) is 0. The molecule has 0 radical (unpaired) electrons. The van der Waals surface area contributed by atoms with E-state index in [9.17, 15) is 31.1 Å². The number of halogens is 7. The molecule has 0 aliphatic carbocycles. The van der Waals surface area contributed by atoms with Gasteiger partial charge in [0.15, 0.2) is 0 Å². The third-order valence-electron chi connectivity index (χ3n) is 4.38. The van der Waals surface area contributed by atoms with Crippen molar-refractivity contribution in [2.45, 2.75) is 38.0 Å². The first-order valence-electron chi connectivity index (χ1n) is 8.74. The zero-order valence-corrected chi connectivity index (χ0v) is 16.5. The zero-order chi connectivity index (χ0) is 21.7. The first-order valence-corrected chi connectivity index (χ1v) is 8.74. The highest BCUT2D eigenvalue weighted by Gasteiger charge is 2.65. The SMILES string of the molecule is C[C@@H]([NH2+][C@@H](C(=O)OCc1ccccc1)C(C(F)(F)F)C(F)(F)F)c1ccccc1.[Cl-]. The summed E-state index contributed by atoms with van der Waals surface area (Å²) in [6.07, 6.45) is -11.3. The first-order chi connectivity index (χ1) is 13.5. The number of alkyl halides is 6. The lowest BCUT2D eigenvalue weighted by Gasteiger charge is -2.29. The van der Waals surface area contributed by atoms with Crippen LogP contribution < -0.4 is 17.7 Å². The minimum atomic E-state index is -5.67. The van der Waals surface area contributed by atoms with Gasteiger partial charge in [0.05, 0.1) is 0 Å². The maximum Gasteiger partial charge on any atom is 0.406 e. The third-order valence-corrected chi connectivity index (χ3v) is 4.38. The van der Waals surface area contributed by atoms with E-state index >= 15 is 0 Å². The summed E-state index contributed by atoms with van der Waals surface area (Å²) in [5, 5.41) is 0.758. The second-order valence-corrected chi connectivity index (χ2v) is 6.57. The van der Waals surface area contributed by atoms with E-state index < -0.39 is 42.9 Å². The fourth-order valence-electron chi connectivity index (χ4n) is 2.92. The number of carbonyl (C=O) groups is 1. The molecule has 0 amide bonds. The largest absolute Gasteiger partial charge is 1.00 e. The number of nitrogens with two attached hydrogens (primary N) is 1. The average molecular weight is 456 g/mol. The molecule has 0 spiro atoms.